The monoisotopic (exact) mass is 308 g/mol. The van der Waals surface area contributed by atoms with Gasteiger partial charge in [-0.2, -0.15) is 0 Å². The number of nitrogens with zero attached hydrogens (tertiary/aromatic N) is 1. The fraction of sp³-hybridized carbons (Fsp3) is 0. The average Bonchev–Trinajstić information content (AvgIpc) is 2.98. The van der Waals surface area contributed by atoms with E-state index < -0.39 is 16.7 Å². The summed E-state index contributed by atoms with van der Waals surface area (Å²) in [4.78, 5) is 36.0. The highest BCUT2D eigenvalue weighted by molar-refractivity contribution is 6.34. The SMILES string of the molecule is O=C(NNC(=O)c1ccc([N+](=O)[O-])cc1Cl)c1ccc[nH]1. The number of halogens is 1. The van der Waals surface area contributed by atoms with Crippen molar-refractivity contribution in [3.63, 3.8) is 0 Å². The molecule has 0 saturated carbocycles. The van der Waals surface area contributed by atoms with Crippen LogP contribution in [-0.4, -0.2) is 21.7 Å². The van der Waals surface area contributed by atoms with Crippen molar-refractivity contribution in [2.45, 2.75) is 0 Å². The first-order valence-corrected chi connectivity index (χ1v) is 6.05. The summed E-state index contributed by atoms with van der Waals surface area (Å²) in [5.74, 6) is -1.22. The average molecular weight is 309 g/mol. The van der Waals surface area contributed by atoms with Crippen LogP contribution in [0.3, 0.4) is 0 Å². The zero-order chi connectivity index (χ0) is 15.4. The third-order valence-corrected chi connectivity index (χ3v) is 2.85. The van der Waals surface area contributed by atoms with Gasteiger partial charge in [-0.25, -0.2) is 0 Å². The van der Waals surface area contributed by atoms with Gasteiger partial charge in [-0.15, -0.1) is 0 Å². The van der Waals surface area contributed by atoms with Gasteiger partial charge >= 0.3 is 0 Å². The highest BCUT2D eigenvalue weighted by Crippen LogP contribution is 2.22. The van der Waals surface area contributed by atoms with Crippen LogP contribution in [0.2, 0.25) is 5.02 Å². The predicted molar refractivity (Wildman–Crippen MR) is 73.8 cm³/mol. The van der Waals surface area contributed by atoms with Crippen LogP contribution in [0.1, 0.15) is 20.8 Å². The van der Waals surface area contributed by atoms with E-state index in [4.69, 9.17) is 11.6 Å². The Morgan fingerprint density at radius 1 is 1.19 bits per heavy atom. The number of non-ortho nitro benzene ring substituents is 1. The number of hydrogen-bond acceptors (Lipinski definition) is 4. The zero-order valence-electron chi connectivity index (χ0n) is 10.4. The van der Waals surface area contributed by atoms with Crippen LogP contribution in [0.4, 0.5) is 5.69 Å². The molecule has 0 aliphatic heterocycles. The lowest BCUT2D eigenvalue weighted by Gasteiger charge is -2.07. The molecule has 0 fully saturated rings. The van der Waals surface area contributed by atoms with Crippen LogP contribution in [0.15, 0.2) is 36.5 Å². The van der Waals surface area contributed by atoms with Gasteiger partial charge in [-0.1, -0.05) is 11.6 Å². The van der Waals surface area contributed by atoms with Gasteiger partial charge in [0, 0.05) is 18.3 Å². The lowest BCUT2D eigenvalue weighted by Crippen LogP contribution is -2.41. The van der Waals surface area contributed by atoms with Crippen molar-refractivity contribution in [3.8, 4) is 0 Å². The maximum absolute atomic E-state index is 11.8. The van der Waals surface area contributed by atoms with Crippen LogP contribution >= 0.6 is 11.6 Å². The zero-order valence-corrected chi connectivity index (χ0v) is 11.2. The Bertz CT molecular complexity index is 699. The van der Waals surface area contributed by atoms with E-state index in [1.165, 1.54) is 12.1 Å². The minimum atomic E-state index is -0.685. The lowest BCUT2D eigenvalue weighted by molar-refractivity contribution is -0.384. The minimum Gasteiger partial charge on any atom is -0.357 e. The molecule has 0 saturated heterocycles. The molecule has 8 nitrogen and oxygen atoms in total. The van der Waals surface area contributed by atoms with E-state index in [0.29, 0.717) is 0 Å². The van der Waals surface area contributed by atoms with E-state index in [0.717, 1.165) is 12.1 Å². The number of rotatable bonds is 3. The number of hydrogen-bond donors (Lipinski definition) is 3. The van der Waals surface area contributed by atoms with E-state index in [1.807, 2.05) is 0 Å². The molecule has 108 valence electrons. The largest absolute Gasteiger partial charge is 0.357 e. The van der Waals surface area contributed by atoms with Gasteiger partial charge in [0.1, 0.15) is 5.69 Å². The van der Waals surface area contributed by atoms with E-state index in [-0.39, 0.29) is 22.0 Å². The second-order valence-electron chi connectivity index (χ2n) is 3.91. The highest BCUT2D eigenvalue weighted by Gasteiger charge is 2.15. The van der Waals surface area contributed by atoms with Gasteiger partial charge in [0.15, 0.2) is 0 Å². The number of carbonyl (C=O) groups is 2. The molecular formula is C12H9ClN4O4. The molecule has 0 spiro atoms. The molecule has 0 aliphatic carbocycles. The van der Waals surface area contributed by atoms with Crippen LogP contribution in [0, 0.1) is 10.1 Å². The number of hydrazine groups is 1. The van der Waals surface area contributed by atoms with Crippen LogP contribution < -0.4 is 10.9 Å². The van der Waals surface area contributed by atoms with Crippen LogP contribution in [-0.2, 0) is 0 Å². The molecule has 1 aromatic carbocycles. The minimum absolute atomic E-state index is 0.00838. The Kier molecular flexibility index (Phi) is 4.19. The second kappa shape index (κ2) is 6.06. The van der Waals surface area contributed by atoms with Gasteiger partial charge in [-0.3, -0.25) is 30.6 Å². The summed E-state index contributed by atoms with van der Waals surface area (Å²) in [6.07, 6.45) is 1.56. The lowest BCUT2D eigenvalue weighted by atomic mass is 10.2. The van der Waals surface area contributed by atoms with Crippen molar-refractivity contribution < 1.29 is 14.5 Å². The molecule has 3 N–H and O–H groups in total. The summed E-state index contributed by atoms with van der Waals surface area (Å²) in [7, 11) is 0. The quantitative estimate of drug-likeness (QED) is 0.590. The molecule has 0 aliphatic rings. The second-order valence-corrected chi connectivity index (χ2v) is 4.32. The first-order valence-electron chi connectivity index (χ1n) is 5.67. The number of nitrogens with one attached hydrogen (secondary N) is 3. The van der Waals surface area contributed by atoms with Crippen LogP contribution in [0.5, 0.6) is 0 Å². The Labute approximate surface area is 123 Å². The maximum Gasteiger partial charge on any atom is 0.286 e. The van der Waals surface area contributed by atoms with Gasteiger partial charge in [0.25, 0.3) is 17.5 Å². The molecule has 2 rings (SSSR count). The molecule has 1 aromatic heterocycles. The Balaban J connectivity index is 2.04. The predicted octanol–water partition coefficient (Wildman–Crippen LogP) is 1.65. The van der Waals surface area contributed by atoms with Crippen molar-refractivity contribution in [2.24, 2.45) is 0 Å². The summed E-state index contributed by atoms with van der Waals surface area (Å²) < 4.78 is 0. The third-order valence-electron chi connectivity index (χ3n) is 2.54. The summed E-state index contributed by atoms with van der Waals surface area (Å²) >= 11 is 5.80. The Morgan fingerprint density at radius 2 is 1.90 bits per heavy atom. The topological polar surface area (TPSA) is 117 Å². The first-order chi connectivity index (χ1) is 9.99. The molecule has 0 atom stereocenters. The highest BCUT2D eigenvalue weighted by atomic mass is 35.5. The van der Waals surface area contributed by atoms with E-state index in [9.17, 15) is 19.7 Å². The number of aromatic nitrogens is 1. The maximum atomic E-state index is 11.8. The van der Waals surface area contributed by atoms with Gasteiger partial charge in [0.05, 0.1) is 15.5 Å². The Hall–Kier alpha value is -2.87. The molecule has 9 heteroatoms. The van der Waals surface area contributed by atoms with Crippen molar-refractivity contribution in [1.82, 2.24) is 15.8 Å². The molecular weight excluding hydrogens is 300 g/mol. The Morgan fingerprint density at radius 3 is 2.48 bits per heavy atom. The van der Waals surface area contributed by atoms with Gasteiger partial charge < -0.3 is 4.98 Å². The number of nitro groups is 1. The van der Waals surface area contributed by atoms with E-state index in [1.54, 1.807) is 12.3 Å². The molecule has 21 heavy (non-hydrogen) atoms. The fourth-order valence-corrected chi connectivity index (χ4v) is 1.78. The number of aromatic amines is 1. The number of nitro benzene ring substituents is 1. The molecule has 0 radical (unpaired) electrons. The smallest absolute Gasteiger partial charge is 0.286 e. The van der Waals surface area contributed by atoms with Crippen molar-refractivity contribution in [2.75, 3.05) is 0 Å². The molecule has 2 amide bonds. The molecule has 1 heterocycles. The normalized spacial score (nSPS) is 9.95. The number of amides is 2. The third kappa shape index (κ3) is 3.37. The fourth-order valence-electron chi connectivity index (χ4n) is 1.52. The molecule has 0 bridgehead atoms. The number of benzene rings is 1. The number of carbonyl (C=O) groups excluding carboxylic acids is 2. The summed E-state index contributed by atoms with van der Waals surface area (Å²) in [5.41, 5.74) is 4.40. The number of H-pyrrole nitrogens is 1. The summed E-state index contributed by atoms with van der Waals surface area (Å²) in [6.45, 7) is 0. The standard InChI is InChI=1S/C12H9ClN4O4/c13-9-6-7(17(20)21)3-4-8(9)11(18)15-16-12(19)10-2-1-5-14-10/h1-6,14H,(H,15,18)(H,16,19). The van der Waals surface area contributed by atoms with E-state index >= 15 is 0 Å². The van der Waals surface area contributed by atoms with Crippen molar-refractivity contribution in [1.29, 1.82) is 0 Å². The van der Waals surface area contributed by atoms with Gasteiger partial charge in [0.2, 0.25) is 0 Å². The van der Waals surface area contributed by atoms with Crippen LogP contribution in [0.25, 0.3) is 0 Å². The molecule has 2 aromatic rings. The van der Waals surface area contributed by atoms with Crippen molar-refractivity contribution >= 4 is 29.1 Å². The summed E-state index contributed by atoms with van der Waals surface area (Å²) in [6, 6.07) is 6.57. The molecule has 0 unspecified atom stereocenters. The van der Waals surface area contributed by atoms with Crippen molar-refractivity contribution in [3.05, 3.63) is 62.9 Å². The summed E-state index contributed by atoms with van der Waals surface area (Å²) in [5, 5.41) is 10.5. The van der Waals surface area contributed by atoms with E-state index in [2.05, 4.69) is 15.8 Å². The first kappa shape index (κ1) is 14.5. The van der Waals surface area contributed by atoms with Gasteiger partial charge in [-0.05, 0) is 18.2 Å².